The first-order chi connectivity index (χ1) is 6.06. The summed E-state index contributed by atoms with van der Waals surface area (Å²) in [5, 5.41) is 3.26. The molecule has 0 aliphatic heterocycles. The van der Waals surface area contributed by atoms with Gasteiger partial charge < -0.3 is 5.32 Å². The Labute approximate surface area is 86.8 Å². The summed E-state index contributed by atoms with van der Waals surface area (Å²) in [4.78, 5) is 0. The molecule has 4 heteroatoms. The van der Waals surface area contributed by atoms with Crippen molar-refractivity contribution in [3.05, 3.63) is 34.1 Å². The van der Waals surface area contributed by atoms with Crippen molar-refractivity contribution < 1.29 is 4.39 Å². The van der Waals surface area contributed by atoms with Gasteiger partial charge in [0, 0.05) is 10.6 Å². The van der Waals surface area contributed by atoms with Crippen molar-refractivity contribution in [2.75, 3.05) is 7.05 Å². The van der Waals surface area contributed by atoms with Gasteiger partial charge in [-0.25, -0.2) is 4.39 Å². The largest absolute Gasteiger partial charge is 0.301 e. The van der Waals surface area contributed by atoms with Crippen LogP contribution in [0.25, 0.3) is 0 Å². The minimum Gasteiger partial charge on any atom is -0.301 e. The van der Waals surface area contributed by atoms with Crippen LogP contribution in [0.4, 0.5) is 4.39 Å². The molecule has 1 atom stereocenters. The molecule has 1 N–H and O–H groups in total. The summed E-state index contributed by atoms with van der Waals surface area (Å²) in [6.07, 6.45) is 0. The summed E-state index contributed by atoms with van der Waals surface area (Å²) in [7, 11) is 1.69. The first-order valence-electron chi connectivity index (χ1n) is 3.83. The molecule has 0 bridgehead atoms. The predicted octanol–water partition coefficient (Wildman–Crippen LogP) is 3.24. The van der Waals surface area contributed by atoms with Crippen LogP contribution in [0.2, 0.25) is 5.02 Å². The molecule has 0 saturated heterocycles. The number of aryl methyl sites for hydroxylation is 1. The maximum atomic E-state index is 13.1. The fraction of sp³-hybridized carbons (Fsp3) is 0.333. The van der Waals surface area contributed by atoms with Gasteiger partial charge in [0.15, 0.2) is 0 Å². The predicted molar refractivity (Wildman–Crippen MR) is 53.8 cm³/mol. The summed E-state index contributed by atoms with van der Waals surface area (Å²) in [5.74, 6) is -0.291. The van der Waals surface area contributed by atoms with Crippen LogP contribution < -0.4 is 5.32 Å². The van der Waals surface area contributed by atoms with E-state index < -0.39 is 5.50 Å². The van der Waals surface area contributed by atoms with Crippen LogP contribution in [0.1, 0.15) is 16.6 Å². The van der Waals surface area contributed by atoms with E-state index in [1.165, 1.54) is 6.07 Å². The third-order valence-corrected chi connectivity index (χ3v) is 2.59. The average Bonchev–Trinajstić information content (AvgIpc) is 2.10. The lowest BCUT2D eigenvalue weighted by atomic mass is 10.1. The molecule has 0 aromatic heterocycles. The number of benzene rings is 1. The smallest absolute Gasteiger partial charge is 0.126 e. The Morgan fingerprint density at radius 3 is 2.62 bits per heavy atom. The highest BCUT2D eigenvalue weighted by Gasteiger charge is 2.12. The highest BCUT2D eigenvalue weighted by Crippen LogP contribution is 2.27. The fourth-order valence-corrected chi connectivity index (χ4v) is 1.58. The lowest BCUT2D eigenvalue weighted by Crippen LogP contribution is -2.10. The van der Waals surface area contributed by atoms with Crippen LogP contribution >= 0.6 is 23.2 Å². The van der Waals surface area contributed by atoms with Crippen LogP contribution in [0, 0.1) is 12.7 Å². The first kappa shape index (κ1) is 10.8. The molecule has 1 aromatic rings. The normalized spacial score (nSPS) is 13.0. The third kappa shape index (κ3) is 2.33. The highest BCUT2D eigenvalue weighted by atomic mass is 35.5. The molecule has 0 heterocycles. The summed E-state index contributed by atoms with van der Waals surface area (Å²) >= 11 is 11.7. The quantitative estimate of drug-likeness (QED) is 0.598. The monoisotopic (exact) mass is 221 g/mol. The maximum absolute atomic E-state index is 13.1. The van der Waals surface area contributed by atoms with Gasteiger partial charge >= 0.3 is 0 Å². The van der Waals surface area contributed by atoms with Gasteiger partial charge in [0.2, 0.25) is 0 Å². The van der Waals surface area contributed by atoms with E-state index in [-0.39, 0.29) is 5.82 Å². The number of rotatable bonds is 2. The minimum absolute atomic E-state index is 0.291. The number of nitrogens with one attached hydrogen (secondary N) is 1. The van der Waals surface area contributed by atoms with Crippen molar-refractivity contribution in [2.45, 2.75) is 12.4 Å². The topological polar surface area (TPSA) is 12.0 Å². The molecule has 0 amide bonds. The second-order valence-corrected chi connectivity index (χ2v) is 3.62. The number of hydrogen-bond donors (Lipinski definition) is 1. The van der Waals surface area contributed by atoms with Crippen LogP contribution in [0.5, 0.6) is 0 Å². The second-order valence-electron chi connectivity index (χ2n) is 2.77. The van der Waals surface area contributed by atoms with Gasteiger partial charge in [0.25, 0.3) is 0 Å². The Morgan fingerprint density at radius 2 is 2.08 bits per heavy atom. The van der Waals surface area contributed by atoms with Crippen molar-refractivity contribution in [1.82, 2.24) is 5.32 Å². The van der Waals surface area contributed by atoms with Crippen molar-refractivity contribution in [1.29, 1.82) is 0 Å². The summed E-state index contributed by atoms with van der Waals surface area (Å²) in [5.41, 5.74) is 0.630. The SMILES string of the molecule is CNC(Cl)c1cc(F)c(C)cc1Cl. The summed E-state index contributed by atoms with van der Waals surface area (Å²) in [6.45, 7) is 1.66. The van der Waals surface area contributed by atoms with Crippen molar-refractivity contribution in [3.8, 4) is 0 Å². The van der Waals surface area contributed by atoms with E-state index in [2.05, 4.69) is 5.32 Å². The number of hydrogen-bond acceptors (Lipinski definition) is 1. The van der Waals surface area contributed by atoms with Crippen LogP contribution in [-0.4, -0.2) is 7.05 Å². The second kappa shape index (κ2) is 4.27. The van der Waals surface area contributed by atoms with Gasteiger partial charge in [-0.3, -0.25) is 0 Å². The first-order valence-corrected chi connectivity index (χ1v) is 4.64. The lowest BCUT2D eigenvalue weighted by Gasteiger charge is -2.11. The molecule has 0 fully saturated rings. The van der Waals surface area contributed by atoms with Gasteiger partial charge in [0.05, 0.1) is 0 Å². The van der Waals surface area contributed by atoms with Gasteiger partial charge in [-0.05, 0) is 31.7 Å². The maximum Gasteiger partial charge on any atom is 0.126 e. The molecule has 0 radical (unpaired) electrons. The fourth-order valence-electron chi connectivity index (χ4n) is 1.01. The zero-order valence-electron chi connectivity index (χ0n) is 7.37. The van der Waals surface area contributed by atoms with E-state index in [4.69, 9.17) is 23.2 Å². The standard InChI is InChI=1S/C9H10Cl2FN/c1-5-3-7(10)6(4-8(5)12)9(11)13-2/h3-4,9,13H,1-2H3. The molecule has 0 saturated carbocycles. The molecule has 1 aromatic carbocycles. The Hall–Kier alpha value is -0.310. The van der Waals surface area contributed by atoms with Crippen LogP contribution in [0.3, 0.4) is 0 Å². The molecular weight excluding hydrogens is 212 g/mol. The van der Waals surface area contributed by atoms with Gasteiger partial charge in [-0.1, -0.05) is 11.6 Å². The number of alkyl halides is 1. The Bertz CT molecular complexity index is 315. The Balaban J connectivity index is 3.15. The Morgan fingerprint density at radius 1 is 1.46 bits per heavy atom. The van der Waals surface area contributed by atoms with E-state index in [1.54, 1.807) is 20.0 Å². The van der Waals surface area contributed by atoms with E-state index in [1.807, 2.05) is 0 Å². The highest BCUT2D eigenvalue weighted by molar-refractivity contribution is 6.32. The van der Waals surface area contributed by atoms with Gasteiger partial charge in [0.1, 0.15) is 11.3 Å². The molecule has 0 spiro atoms. The molecule has 0 aliphatic rings. The number of halogens is 3. The van der Waals surface area contributed by atoms with Crippen molar-refractivity contribution in [2.24, 2.45) is 0 Å². The zero-order chi connectivity index (χ0) is 10.0. The molecule has 72 valence electrons. The lowest BCUT2D eigenvalue weighted by molar-refractivity contribution is 0.613. The molecule has 1 nitrogen and oxygen atoms in total. The minimum atomic E-state index is -0.456. The molecule has 1 rings (SSSR count). The molecule has 0 aliphatic carbocycles. The van der Waals surface area contributed by atoms with Crippen molar-refractivity contribution >= 4 is 23.2 Å². The van der Waals surface area contributed by atoms with E-state index >= 15 is 0 Å². The molecule has 1 unspecified atom stereocenters. The summed E-state index contributed by atoms with van der Waals surface area (Å²) in [6, 6.07) is 2.92. The van der Waals surface area contributed by atoms with E-state index in [9.17, 15) is 4.39 Å². The van der Waals surface area contributed by atoms with Gasteiger partial charge in [-0.15, -0.1) is 11.6 Å². The van der Waals surface area contributed by atoms with E-state index in [0.29, 0.717) is 16.1 Å². The van der Waals surface area contributed by atoms with Crippen molar-refractivity contribution in [3.63, 3.8) is 0 Å². The van der Waals surface area contributed by atoms with Crippen LogP contribution in [-0.2, 0) is 0 Å². The summed E-state index contributed by atoms with van der Waals surface area (Å²) < 4.78 is 13.1. The average molecular weight is 222 g/mol. The van der Waals surface area contributed by atoms with E-state index in [0.717, 1.165) is 0 Å². The van der Waals surface area contributed by atoms with Gasteiger partial charge in [-0.2, -0.15) is 0 Å². The molecule has 13 heavy (non-hydrogen) atoms. The zero-order valence-corrected chi connectivity index (χ0v) is 8.88. The molecular formula is C9H10Cl2FN. The van der Waals surface area contributed by atoms with Crippen LogP contribution in [0.15, 0.2) is 12.1 Å². The third-order valence-electron chi connectivity index (χ3n) is 1.80. The Kier molecular flexibility index (Phi) is 3.54.